The lowest BCUT2D eigenvalue weighted by Crippen LogP contribution is -2.12. The lowest BCUT2D eigenvalue weighted by molar-refractivity contribution is 0.150. The van der Waals surface area contributed by atoms with Crippen LogP contribution in [0.5, 0.6) is 0 Å². The average Bonchev–Trinajstić information content (AvgIpc) is 2.55. The molecule has 5 heteroatoms. The van der Waals surface area contributed by atoms with Crippen molar-refractivity contribution < 1.29 is 9.84 Å². The Bertz CT molecular complexity index is 288. The van der Waals surface area contributed by atoms with E-state index >= 15 is 0 Å². The minimum atomic E-state index is -0.554. The van der Waals surface area contributed by atoms with Gasteiger partial charge in [-0.2, -0.15) is 5.10 Å². The molecule has 80 valence electrons. The largest absolute Gasteiger partial charge is 0.387 e. The van der Waals surface area contributed by atoms with Gasteiger partial charge in [0, 0.05) is 7.11 Å². The van der Waals surface area contributed by atoms with Crippen molar-refractivity contribution in [2.24, 2.45) is 0 Å². The zero-order valence-electron chi connectivity index (χ0n) is 8.40. The van der Waals surface area contributed by atoms with Gasteiger partial charge in [-0.05, 0) is 6.42 Å². The summed E-state index contributed by atoms with van der Waals surface area (Å²) in [5.74, 6) is 0. The molecule has 0 bridgehead atoms. The van der Waals surface area contributed by atoms with Crippen LogP contribution >= 0.6 is 11.6 Å². The number of hydrogen-bond donors (Lipinski definition) is 1. The van der Waals surface area contributed by atoms with Crippen molar-refractivity contribution in [2.45, 2.75) is 26.0 Å². The van der Waals surface area contributed by atoms with E-state index < -0.39 is 6.10 Å². The molecular formula is C9H15ClN2O2. The first-order chi connectivity index (χ1) is 6.70. The van der Waals surface area contributed by atoms with Gasteiger partial charge in [0.05, 0.1) is 36.2 Å². The maximum absolute atomic E-state index is 9.69. The number of halogens is 1. The molecule has 1 atom stereocenters. The Kier molecular flexibility index (Phi) is 4.38. The maximum atomic E-state index is 9.69. The van der Waals surface area contributed by atoms with Gasteiger partial charge in [-0.15, -0.1) is 0 Å². The molecule has 0 saturated heterocycles. The summed E-state index contributed by atoms with van der Waals surface area (Å²) in [6, 6.07) is 0. The zero-order valence-corrected chi connectivity index (χ0v) is 9.16. The van der Waals surface area contributed by atoms with Crippen LogP contribution in [0.25, 0.3) is 0 Å². The highest BCUT2D eigenvalue weighted by Crippen LogP contribution is 2.24. The first-order valence-electron chi connectivity index (χ1n) is 4.58. The minimum absolute atomic E-state index is 0.510. The molecule has 1 rings (SSSR count). The van der Waals surface area contributed by atoms with Gasteiger partial charge in [0.2, 0.25) is 0 Å². The quantitative estimate of drug-likeness (QED) is 0.817. The van der Waals surface area contributed by atoms with Gasteiger partial charge < -0.3 is 9.84 Å². The third-order valence-electron chi connectivity index (χ3n) is 2.04. The van der Waals surface area contributed by atoms with Crippen molar-refractivity contribution in [2.75, 3.05) is 13.7 Å². The van der Waals surface area contributed by atoms with E-state index in [9.17, 15) is 5.11 Å². The molecule has 1 aromatic rings. The molecule has 1 aromatic heterocycles. The van der Waals surface area contributed by atoms with Crippen molar-refractivity contribution in [3.05, 3.63) is 16.9 Å². The van der Waals surface area contributed by atoms with E-state index in [0.717, 1.165) is 0 Å². The van der Waals surface area contributed by atoms with Crippen LogP contribution in [0, 0.1) is 0 Å². The molecule has 0 saturated carbocycles. The second-order valence-electron chi connectivity index (χ2n) is 3.02. The fraction of sp³-hybridized carbons (Fsp3) is 0.667. The first kappa shape index (κ1) is 11.5. The fourth-order valence-electron chi connectivity index (χ4n) is 1.25. The van der Waals surface area contributed by atoms with Crippen LogP contribution < -0.4 is 0 Å². The Balaban J connectivity index is 2.82. The lowest BCUT2D eigenvalue weighted by Gasteiger charge is -2.11. The predicted octanol–water partition coefficient (Wildman–Crippen LogP) is 1.63. The van der Waals surface area contributed by atoms with Gasteiger partial charge in [0.25, 0.3) is 0 Å². The van der Waals surface area contributed by atoms with Crippen LogP contribution in [-0.4, -0.2) is 28.6 Å². The topological polar surface area (TPSA) is 47.3 Å². The summed E-state index contributed by atoms with van der Waals surface area (Å²) in [5.41, 5.74) is 0.672. The van der Waals surface area contributed by atoms with Crippen LogP contribution in [0.3, 0.4) is 0 Å². The van der Waals surface area contributed by atoms with Crippen molar-refractivity contribution in [3.63, 3.8) is 0 Å². The Morgan fingerprint density at radius 1 is 1.71 bits per heavy atom. The molecule has 0 aliphatic rings. The monoisotopic (exact) mass is 218 g/mol. The number of ether oxygens (including phenoxy) is 1. The van der Waals surface area contributed by atoms with E-state index in [2.05, 4.69) is 5.10 Å². The van der Waals surface area contributed by atoms with E-state index in [0.29, 0.717) is 30.3 Å². The molecule has 1 heterocycles. The second-order valence-corrected chi connectivity index (χ2v) is 3.42. The third-order valence-corrected chi connectivity index (χ3v) is 2.33. The molecule has 0 aliphatic carbocycles. The molecule has 0 amide bonds. The van der Waals surface area contributed by atoms with E-state index in [-0.39, 0.29) is 0 Å². The average molecular weight is 219 g/mol. The van der Waals surface area contributed by atoms with Gasteiger partial charge in [-0.25, -0.2) is 0 Å². The van der Waals surface area contributed by atoms with Crippen LogP contribution in [0.4, 0.5) is 0 Å². The normalized spacial score (nSPS) is 13.1. The molecule has 1 N–H and O–H groups in total. The van der Waals surface area contributed by atoms with Gasteiger partial charge in [0.1, 0.15) is 0 Å². The van der Waals surface area contributed by atoms with Crippen molar-refractivity contribution in [1.29, 1.82) is 0 Å². The van der Waals surface area contributed by atoms with Crippen LogP contribution in [0.15, 0.2) is 6.20 Å². The van der Waals surface area contributed by atoms with Gasteiger partial charge in [-0.1, -0.05) is 18.5 Å². The highest BCUT2D eigenvalue weighted by atomic mass is 35.5. The molecule has 0 fully saturated rings. The predicted molar refractivity (Wildman–Crippen MR) is 54.4 cm³/mol. The Morgan fingerprint density at radius 3 is 3.00 bits per heavy atom. The molecule has 0 spiro atoms. The summed E-state index contributed by atoms with van der Waals surface area (Å²) in [7, 11) is 1.63. The number of rotatable bonds is 5. The van der Waals surface area contributed by atoms with Gasteiger partial charge >= 0.3 is 0 Å². The fourth-order valence-corrected chi connectivity index (χ4v) is 1.52. The Hall–Kier alpha value is -0.580. The van der Waals surface area contributed by atoms with E-state index in [4.69, 9.17) is 16.3 Å². The van der Waals surface area contributed by atoms with Crippen LogP contribution in [-0.2, 0) is 11.3 Å². The van der Waals surface area contributed by atoms with Gasteiger partial charge in [-0.3, -0.25) is 4.68 Å². The van der Waals surface area contributed by atoms with E-state index in [1.54, 1.807) is 18.0 Å². The number of aromatic nitrogens is 2. The molecule has 1 unspecified atom stereocenters. The molecular weight excluding hydrogens is 204 g/mol. The zero-order chi connectivity index (χ0) is 10.6. The van der Waals surface area contributed by atoms with Crippen LogP contribution in [0.1, 0.15) is 25.1 Å². The highest BCUT2D eigenvalue weighted by Gasteiger charge is 2.15. The highest BCUT2D eigenvalue weighted by molar-refractivity contribution is 6.31. The summed E-state index contributed by atoms with van der Waals surface area (Å²) in [5, 5.41) is 14.3. The number of aliphatic hydroxyl groups excluding tert-OH is 1. The summed E-state index contributed by atoms with van der Waals surface area (Å²) in [6.07, 6.45) is 1.62. The molecule has 4 nitrogen and oxygen atoms in total. The second kappa shape index (κ2) is 5.34. The van der Waals surface area contributed by atoms with Crippen molar-refractivity contribution in [3.8, 4) is 0 Å². The third kappa shape index (κ3) is 2.47. The Labute approximate surface area is 88.4 Å². The number of hydrogen-bond acceptors (Lipinski definition) is 3. The van der Waals surface area contributed by atoms with E-state index in [1.807, 2.05) is 6.92 Å². The van der Waals surface area contributed by atoms with Gasteiger partial charge in [0.15, 0.2) is 0 Å². The summed E-state index contributed by atoms with van der Waals surface area (Å²) >= 11 is 5.91. The smallest absolute Gasteiger partial charge is 0.0969 e. The molecule has 0 aliphatic heterocycles. The van der Waals surface area contributed by atoms with Crippen LogP contribution in [0.2, 0.25) is 5.02 Å². The summed E-state index contributed by atoms with van der Waals surface area (Å²) in [4.78, 5) is 0. The SMILES string of the molecule is CCC(O)c1c(Cl)cnn1CCOC. The molecule has 14 heavy (non-hydrogen) atoms. The first-order valence-corrected chi connectivity index (χ1v) is 4.96. The maximum Gasteiger partial charge on any atom is 0.0969 e. The number of aliphatic hydroxyl groups is 1. The lowest BCUT2D eigenvalue weighted by atomic mass is 10.2. The molecule has 0 radical (unpaired) electrons. The minimum Gasteiger partial charge on any atom is -0.387 e. The summed E-state index contributed by atoms with van der Waals surface area (Å²) in [6.45, 7) is 3.06. The van der Waals surface area contributed by atoms with Crippen molar-refractivity contribution in [1.82, 2.24) is 9.78 Å². The van der Waals surface area contributed by atoms with Crippen molar-refractivity contribution >= 4 is 11.6 Å². The Morgan fingerprint density at radius 2 is 2.43 bits per heavy atom. The number of nitrogens with zero attached hydrogens (tertiary/aromatic N) is 2. The molecule has 0 aromatic carbocycles. The van der Waals surface area contributed by atoms with E-state index in [1.165, 1.54) is 0 Å². The summed E-state index contributed by atoms with van der Waals surface area (Å²) < 4.78 is 6.62. The number of methoxy groups -OCH3 is 1. The standard InChI is InChI=1S/C9H15ClN2O2/c1-3-8(13)9-7(10)6-11-12(9)4-5-14-2/h6,8,13H,3-5H2,1-2H3.